The van der Waals surface area contributed by atoms with E-state index in [0.717, 1.165) is 11.1 Å². The topological polar surface area (TPSA) is 0 Å². The van der Waals surface area contributed by atoms with Gasteiger partial charge in [-0.25, -0.2) is 0 Å². The Balaban J connectivity index is 2.63. The van der Waals surface area contributed by atoms with E-state index in [1.807, 2.05) is 0 Å². The van der Waals surface area contributed by atoms with E-state index in [0.29, 0.717) is 0 Å². The van der Waals surface area contributed by atoms with E-state index in [-0.39, 0.29) is 0 Å². The number of rotatable bonds is 0. The van der Waals surface area contributed by atoms with Crippen LogP contribution >= 0.6 is 0 Å². The minimum Gasteiger partial charge on any atom is -0.114 e. The lowest BCUT2D eigenvalue weighted by Gasteiger charge is -1.64. The third kappa shape index (κ3) is 0.433. The summed E-state index contributed by atoms with van der Waals surface area (Å²) in [6.07, 6.45) is 9.87. The molecule has 0 saturated carbocycles. The zero-order valence-corrected chi connectivity index (χ0v) is 3.65. The monoisotopic (exact) mass is 86.0 g/mol. The zero-order chi connectivity index (χ0) is 5.28. The van der Waals surface area contributed by atoms with Gasteiger partial charge >= 0.3 is 0 Å². The van der Waals surface area contributed by atoms with Gasteiger partial charge in [-0.15, -0.1) is 12.8 Å². The minimum atomic E-state index is 0.752. The van der Waals surface area contributed by atoms with Gasteiger partial charge in [0.25, 0.3) is 0 Å². The quantitative estimate of drug-likeness (QED) is 0.301. The maximum absolute atomic E-state index is 4.93. The molecule has 0 heterocycles. The van der Waals surface area contributed by atoms with Crippen molar-refractivity contribution < 1.29 is 0 Å². The highest BCUT2D eigenvalue weighted by molar-refractivity contribution is 5.63. The van der Waals surface area contributed by atoms with Crippen molar-refractivity contribution >= 4 is 0 Å². The van der Waals surface area contributed by atoms with Crippen LogP contribution in [0, 0.1) is 24.7 Å². The molecule has 0 saturated heterocycles. The highest BCUT2D eigenvalue weighted by Crippen LogP contribution is 2.16. The first-order valence-corrected chi connectivity index (χ1v) is 1.83. The molecule has 0 radical (unpaired) electrons. The molecule has 0 aromatic rings. The SMILES string of the molecule is C#CC1=C=C1C#C. The summed E-state index contributed by atoms with van der Waals surface area (Å²) in [5, 5.41) is 0. The Bertz CT molecular complexity index is 210. The molecule has 30 valence electrons. The van der Waals surface area contributed by atoms with Gasteiger partial charge < -0.3 is 0 Å². The van der Waals surface area contributed by atoms with Crippen LogP contribution in [0.15, 0.2) is 16.9 Å². The lowest BCUT2D eigenvalue weighted by atomic mass is 10.3. The lowest BCUT2D eigenvalue weighted by Crippen LogP contribution is -1.58. The summed E-state index contributed by atoms with van der Waals surface area (Å²) in [5.74, 6) is 4.73. The molecule has 0 amide bonds. The van der Waals surface area contributed by atoms with Crippen molar-refractivity contribution in [3.63, 3.8) is 0 Å². The van der Waals surface area contributed by atoms with Gasteiger partial charge in [0, 0.05) is 0 Å². The highest BCUT2D eigenvalue weighted by atomic mass is 14.0. The van der Waals surface area contributed by atoms with Crippen LogP contribution in [0.5, 0.6) is 0 Å². The number of allylic oxidation sites excluding steroid dienone is 1. The van der Waals surface area contributed by atoms with E-state index in [2.05, 4.69) is 17.6 Å². The molecule has 0 heteroatoms. The van der Waals surface area contributed by atoms with Gasteiger partial charge in [0.1, 0.15) is 0 Å². The minimum absolute atomic E-state index is 0.752. The lowest BCUT2D eigenvalue weighted by molar-refractivity contribution is 1.95. The van der Waals surface area contributed by atoms with Crippen molar-refractivity contribution in [3.8, 4) is 24.7 Å². The Kier molecular flexibility index (Phi) is 0.574. The molecule has 0 aromatic carbocycles. The first-order valence-electron chi connectivity index (χ1n) is 1.83. The molecule has 1 rings (SSSR count). The highest BCUT2D eigenvalue weighted by Gasteiger charge is 2.07. The van der Waals surface area contributed by atoms with E-state index >= 15 is 0 Å². The normalized spacial score (nSPS) is 12.9. The third-order valence-corrected chi connectivity index (χ3v) is 0.726. The van der Waals surface area contributed by atoms with Crippen molar-refractivity contribution in [2.45, 2.75) is 0 Å². The van der Waals surface area contributed by atoms with Crippen molar-refractivity contribution in [2.24, 2.45) is 0 Å². The van der Waals surface area contributed by atoms with Crippen LogP contribution in [0.25, 0.3) is 0 Å². The van der Waals surface area contributed by atoms with Gasteiger partial charge in [0.15, 0.2) is 0 Å². The molecule has 0 N–H and O–H groups in total. The molecule has 1 aliphatic carbocycles. The standard InChI is InChI=1S/C7H2/c1-3-6-5-7(6)4-2/h1-2H. The summed E-state index contributed by atoms with van der Waals surface area (Å²) < 4.78 is 0. The fourth-order valence-corrected chi connectivity index (χ4v) is 0.310. The van der Waals surface area contributed by atoms with E-state index < -0.39 is 0 Å². The third-order valence-electron chi connectivity index (χ3n) is 0.726. The zero-order valence-electron chi connectivity index (χ0n) is 3.65. The maximum Gasteiger partial charge on any atom is 0.0909 e. The second-order valence-electron chi connectivity index (χ2n) is 1.16. The van der Waals surface area contributed by atoms with Crippen molar-refractivity contribution in [2.75, 3.05) is 0 Å². The van der Waals surface area contributed by atoms with E-state index in [1.165, 1.54) is 0 Å². The molecule has 0 bridgehead atoms. The molecule has 7 heavy (non-hydrogen) atoms. The molecule has 0 fully saturated rings. The van der Waals surface area contributed by atoms with Gasteiger partial charge in [-0.1, -0.05) is 17.6 Å². The number of terminal acetylenes is 2. The van der Waals surface area contributed by atoms with Crippen molar-refractivity contribution in [3.05, 3.63) is 16.9 Å². The molecule has 0 aromatic heterocycles. The van der Waals surface area contributed by atoms with Crippen LogP contribution in [0.4, 0.5) is 0 Å². The van der Waals surface area contributed by atoms with Crippen LogP contribution in [0.2, 0.25) is 0 Å². The van der Waals surface area contributed by atoms with Crippen molar-refractivity contribution in [1.82, 2.24) is 0 Å². The van der Waals surface area contributed by atoms with E-state index in [1.54, 1.807) is 0 Å². The maximum atomic E-state index is 4.93. The predicted octanol–water partition coefficient (Wildman–Crippen LogP) is 0.718. The van der Waals surface area contributed by atoms with Gasteiger partial charge in [-0.3, -0.25) is 0 Å². The van der Waals surface area contributed by atoms with Crippen LogP contribution < -0.4 is 0 Å². The molecule has 1 aliphatic rings. The van der Waals surface area contributed by atoms with Gasteiger partial charge in [0.2, 0.25) is 0 Å². The Morgan fingerprint density at radius 1 is 1.14 bits per heavy atom. The van der Waals surface area contributed by atoms with Crippen LogP contribution in [-0.2, 0) is 0 Å². The molecule has 0 atom stereocenters. The molecular formula is C7H2. The summed E-state index contributed by atoms with van der Waals surface area (Å²) in [6.45, 7) is 0. The molecule has 0 nitrogen and oxygen atoms in total. The average Bonchev–Trinajstić information content (AvgIpc) is 2.43. The van der Waals surface area contributed by atoms with Gasteiger partial charge in [-0.2, -0.15) is 0 Å². The van der Waals surface area contributed by atoms with Crippen LogP contribution in [0.3, 0.4) is 0 Å². The predicted molar refractivity (Wildman–Crippen MR) is 28.2 cm³/mol. The summed E-state index contributed by atoms with van der Waals surface area (Å²) in [7, 11) is 0. The Hall–Kier alpha value is -1.36. The summed E-state index contributed by atoms with van der Waals surface area (Å²) in [6, 6.07) is 0. The summed E-state index contributed by atoms with van der Waals surface area (Å²) in [4.78, 5) is 0. The Morgan fingerprint density at radius 2 is 1.57 bits per heavy atom. The van der Waals surface area contributed by atoms with Gasteiger partial charge in [-0.05, 0) is 0 Å². The molecule has 0 unspecified atom stereocenters. The summed E-state index contributed by atoms with van der Waals surface area (Å²) >= 11 is 0. The van der Waals surface area contributed by atoms with Gasteiger partial charge in [0.05, 0.1) is 11.1 Å². The van der Waals surface area contributed by atoms with E-state index in [9.17, 15) is 0 Å². The van der Waals surface area contributed by atoms with Crippen molar-refractivity contribution in [1.29, 1.82) is 0 Å². The largest absolute Gasteiger partial charge is 0.114 e. The fourth-order valence-electron chi connectivity index (χ4n) is 0.310. The smallest absolute Gasteiger partial charge is 0.0909 e. The average molecular weight is 86.1 g/mol. The summed E-state index contributed by atoms with van der Waals surface area (Å²) in [5.41, 5.74) is 4.23. The fraction of sp³-hybridized carbons (Fsp3) is 0. The number of hydrogen-bond acceptors (Lipinski definition) is 0. The Labute approximate surface area is 42.5 Å². The van der Waals surface area contributed by atoms with E-state index in [4.69, 9.17) is 12.8 Å². The molecule has 0 aliphatic heterocycles. The first kappa shape index (κ1) is 3.82. The van der Waals surface area contributed by atoms with Crippen LogP contribution in [-0.4, -0.2) is 0 Å². The van der Waals surface area contributed by atoms with Crippen LogP contribution in [0.1, 0.15) is 0 Å². The number of hydrogen-bond donors (Lipinski definition) is 0. The second kappa shape index (κ2) is 1.05. The first-order chi connectivity index (χ1) is 3.38. The Morgan fingerprint density at radius 3 is 1.71 bits per heavy atom. The molecule has 0 spiro atoms. The second-order valence-corrected chi connectivity index (χ2v) is 1.16. The molecular weight excluding hydrogens is 84.1 g/mol.